The number of hydrogen-bond donors (Lipinski definition) is 0. The summed E-state index contributed by atoms with van der Waals surface area (Å²) in [6.07, 6.45) is 1.41. The van der Waals surface area contributed by atoms with Crippen LogP contribution in [0, 0.1) is 6.92 Å². The van der Waals surface area contributed by atoms with Gasteiger partial charge in [-0.05, 0) is 19.1 Å². The average Bonchev–Trinajstić information content (AvgIpc) is 2.77. The summed E-state index contributed by atoms with van der Waals surface area (Å²) in [6.45, 7) is 2.07. The zero-order valence-corrected chi connectivity index (χ0v) is 8.84. The van der Waals surface area contributed by atoms with Gasteiger partial charge in [0.15, 0.2) is 17.6 Å². The van der Waals surface area contributed by atoms with Gasteiger partial charge in [0, 0.05) is 5.56 Å². The lowest BCUT2D eigenvalue weighted by atomic mass is 10.1. The average molecular weight is 210 g/mol. The molecule has 0 saturated carbocycles. The number of aromatic nitrogens is 2. The number of benzene rings is 1. The Morgan fingerprint density at radius 2 is 1.81 bits per heavy atom. The Morgan fingerprint density at radius 3 is 2.62 bits per heavy atom. The molecule has 1 aromatic carbocycles. The number of aryl methyl sites for hydroxylation is 1. The van der Waals surface area contributed by atoms with E-state index in [9.17, 15) is 0 Å². The molecule has 0 N–H and O–H groups in total. The van der Waals surface area contributed by atoms with Crippen molar-refractivity contribution in [1.29, 1.82) is 0 Å². The molecule has 0 unspecified atom stereocenters. The smallest absolute Gasteiger partial charge is 0.199 e. The Balaban J connectivity index is 2.14. The summed E-state index contributed by atoms with van der Waals surface area (Å²) in [7, 11) is 0. The summed E-state index contributed by atoms with van der Waals surface area (Å²) in [5, 5.41) is 0. The molecule has 78 valence electrons. The van der Waals surface area contributed by atoms with Gasteiger partial charge in [-0.1, -0.05) is 29.8 Å². The lowest BCUT2D eigenvalue weighted by Crippen LogP contribution is -1.84. The molecule has 0 atom stereocenters. The monoisotopic (exact) mass is 210 g/mol. The van der Waals surface area contributed by atoms with E-state index in [1.54, 1.807) is 0 Å². The van der Waals surface area contributed by atoms with Gasteiger partial charge < -0.3 is 4.42 Å². The number of pyridine rings is 1. The largest absolute Gasteiger partial charge is 0.442 e. The summed E-state index contributed by atoms with van der Waals surface area (Å²) in [6, 6.07) is 12.1. The molecule has 0 aliphatic carbocycles. The van der Waals surface area contributed by atoms with Crippen molar-refractivity contribution in [3.63, 3.8) is 0 Å². The van der Waals surface area contributed by atoms with Crippen LogP contribution in [0.2, 0.25) is 0 Å². The van der Waals surface area contributed by atoms with Crippen molar-refractivity contribution in [3.8, 4) is 11.3 Å². The van der Waals surface area contributed by atoms with Crippen LogP contribution in [0.3, 0.4) is 0 Å². The van der Waals surface area contributed by atoms with E-state index < -0.39 is 0 Å². The second-order valence-corrected chi connectivity index (χ2v) is 3.74. The van der Waals surface area contributed by atoms with Crippen LogP contribution in [0.4, 0.5) is 0 Å². The van der Waals surface area contributed by atoms with Gasteiger partial charge in [-0.3, -0.25) is 0 Å². The van der Waals surface area contributed by atoms with E-state index in [1.165, 1.54) is 12.0 Å². The highest BCUT2D eigenvalue weighted by Crippen LogP contribution is 2.20. The van der Waals surface area contributed by atoms with Crippen molar-refractivity contribution < 1.29 is 4.42 Å². The molecule has 0 fully saturated rings. The van der Waals surface area contributed by atoms with Crippen LogP contribution in [-0.2, 0) is 0 Å². The minimum absolute atomic E-state index is 0.651. The predicted molar refractivity (Wildman–Crippen MR) is 62.0 cm³/mol. The Morgan fingerprint density at radius 1 is 1.00 bits per heavy atom. The number of oxazole rings is 1. The molecular weight excluding hydrogens is 200 g/mol. The van der Waals surface area contributed by atoms with Gasteiger partial charge >= 0.3 is 0 Å². The third-order valence-electron chi connectivity index (χ3n) is 2.54. The fourth-order valence-electron chi connectivity index (χ4n) is 1.64. The molecule has 0 saturated heterocycles. The van der Waals surface area contributed by atoms with E-state index in [-0.39, 0.29) is 0 Å². The number of hydrogen-bond acceptors (Lipinski definition) is 3. The van der Waals surface area contributed by atoms with Crippen molar-refractivity contribution in [1.82, 2.24) is 9.97 Å². The molecule has 0 aliphatic heterocycles. The molecule has 3 heteroatoms. The summed E-state index contributed by atoms with van der Waals surface area (Å²) in [5.74, 6) is 0. The molecule has 0 bridgehead atoms. The standard InChI is InChI=1S/C13H10N2O/c1-9-2-4-10(5-3-9)11-6-7-12-13(15-11)14-8-16-12/h2-8H,1H3. The molecular formula is C13H10N2O. The Labute approximate surface area is 92.8 Å². The van der Waals surface area contributed by atoms with Gasteiger partial charge in [0.2, 0.25) is 0 Å². The lowest BCUT2D eigenvalue weighted by molar-refractivity contribution is 0.602. The highest BCUT2D eigenvalue weighted by atomic mass is 16.3. The zero-order valence-electron chi connectivity index (χ0n) is 8.84. The van der Waals surface area contributed by atoms with Crippen molar-refractivity contribution >= 4 is 11.2 Å². The fraction of sp³-hybridized carbons (Fsp3) is 0.0769. The topological polar surface area (TPSA) is 38.9 Å². The molecule has 0 aliphatic rings. The van der Waals surface area contributed by atoms with Crippen LogP contribution in [0.5, 0.6) is 0 Å². The molecule has 0 amide bonds. The molecule has 2 heterocycles. The van der Waals surface area contributed by atoms with Gasteiger partial charge in [-0.2, -0.15) is 4.98 Å². The lowest BCUT2D eigenvalue weighted by Gasteiger charge is -2.00. The normalized spacial score (nSPS) is 10.8. The van der Waals surface area contributed by atoms with E-state index in [0.717, 1.165) is 16.8 Å². The fourth-order valence-corrected chi connectivity index (χ4v) is 1.64. The van der Waals surface area contributed by atoms with E-state index in [4.69, 9.17) is 4.42 Å². The quantitative estimate of drug-likeness (QED) is 0.619. The third-order valence-corrected chi connectivity index (χ3v) is 2.54. The van der Waals surface area contributed by atoms with Gasteiger partial charge in [0.05, 0.1) is 5.69 Å². The van der Waals surface area contributed by atoms with Gasteiger partial charge in [-0.15, -0.1) is 0 Å². The number of rotatable bonds is 1. The van der Waals surface area contributed by atoms with Crippen LogP contribution in [0.1, 0.15) is 5.56 Å². The van der Waals surface area contributed by atoms with Crippen molar-refractivity contribution in [2.75, 3.05) is 0 Å². The van der Waals surface area contributed by atoms with Crippen LogP contribution < -0.4 is 0 Å². The van der Waals surface area contributed by atoms with Crippen molar-refractivity contribution in [3.05, 3.63) is 48.4 Å². The van der Waals surface area contributed by atoms with Crippen LogP contribution in [0.25, 0.3) is 22.5 Å². The van der Waals surface area contributed by atoms with Crippen LogP contribution in [-0.4, -0.2) is 9.97 Å². The second-order valence-electron chi connectivity index (χ2n) is 3.74. The maximum atomic E-state index is 5.15. The minimum atomic E-state index is 0.651. The Hall–Kier alpha value is -2.16. The van der Waals surface area contributed by atoms with E-state index in [2.05, 4.69) is 41.2 Å². The number of fused-ring (bicyclic) bond motifs is 1. The maximum Gasteiger partial charge on any atom is 0.199 e. The molecule has 0 radical (unpaired) electrons. The highest BCUT2D eigenvalue weighted by molar-refractivity contribution is 5.72. The first-order chi connectivity index (χ1) is 7.83. The summed E-state index contributed by atoms with van der Waals surface area (Å²) in [5.41, 5.74) is 4.62. The maximum absolute atomic E-state index is 5.15. The molecule has 3 rings (SSSR count). The summed E-state index contributed by atoms with van der Waals surface area (Å²) in [4.78, 5) is 8.47. The van der Waals surface area contributed by atoms with Crippen molar-refractivity contribution in [2.45, 2.75) is 6.92 Å². The van der Waals surface area contributed by atoms with Gasteiger partial charge in [-0.25, -0.2) is 4.98 Å². The van der Waals surface area contributed by atoms with Gasteiger partial charge in [0.25, 0.3) is 0 Å². The first kappa shape index (κ1) is 9.09. The van der Waals surface area contributed by atoms with E-state index >= 15 is 0 Å². The molecule has 16 heavy (non-hydrogen) atoms. The molecule has 2 aromatic heterocycles. The predicted octanol–water partition coefficient (Wildman–Crippen LogP) is 3.20. The molecule has 3 nitrogen and oxygen atoms in total. The highest BCUT2D eigenvalue weighted by Gasteiger charge is 2.03. The van der Waals surface area contributed by atoms with E-state index in [1.807, 2.05) is 12.1 Å². The zero-order chi connectivity index (χ0) is 11.0. The van der Waals surface area contributed by atoms with Crippen LogP contribution in [0.15, 0.2) is 47.2 Å². The van der Waals surface area contributed by atoms with Gasteiger partial charge in [0.1, 0.15) is 0 Å². The SMILES string of the molecule is Cc1ccc(-c2ccc3ocnc3n2)cc1. The summed E-state index contributed by atoms with van der Waals surface area (Å²) < 4.78 is 5.15. The second kappa shape index (κ2) is 3.45. The first-order valence-corrected chi connectivity index (χ1v) is 5.10. The van der Waals surface area contributed by atoms with E-state index in [0.29, 0.717) is 5.65 Å². The van der Waals surface area contributed by atoms with Crippen molar-refractivity contribution in [2.24, 2.45) is 0 Å². The molecule has 3 aromatic rings. The minimum Gasteiger partial charge on any atom is -0.442 e. The Kier molecular flexibility index (Phi) is 1.96. The number of nitrogens with zero attached hydrogens (tertiary/aromatic N) is 2. The first-order valence-electron chi connectivity index (χ1n) is 5.10. The summed E-state index contributed by atoms with van der Waals surface area (Å²) >= 11 is 0. The van der Waals surface area contributed by atoms with Crippen LogP contribution >= 0.6 is 0 Å². The molecule has 0 spiro atoms. The Bertz CT molecular complexity index is 626. The third kappa shape index (κ3) is 1.46.